The van der Waals surface area contributed by atoms with E-state index in [2.05, 4.69) is 5.32 Å². The van der Waals surface area contributed by atoms with Gasteiger partial charge in [-0.05, 0) is 17.7 Å². The second kappa shape index (κ2) is 9.52. The van der Waals surface area contributed by atoms with E-state index >= 15 is 0 Å². The van der Waals surface area contributed by atoms with Gasteiger partial charge in [-0.1, -0.05) is 54.9 Å². The highest BCUT2D eigenvalue weighted by Gasteiger charge is 2.22. The van der Waals surface area contributed by atoms with Crippen LogP contribution in [-0.2, 0) is 11.3 Å². The zero-order chi connectivity index (χ0) is 16.8. The van der Waals surface area contributed by atoms with E-state index in [1.54, 1.807) is 19.2 Å². The zero-order valence-corrected chi connectivity index (χ0v) is 15.2. The van der Waals surface area contributed by atoms with Gasteiger partial charge in [0.2, 0.25) is 5.91 Å². The van der Waals surface area contributed by atoms with Crippen LogP contribution in [0.2, 0.25) is 5.02 Å². The number of hydrogen-bond acceptors (Lipinski definition) is 3. The topological polar surface area (TPSA) is 64.3 Å². The number of methoxy groups -OCH3 is 1. The molecule has 2 aromatic carbocycles. The van der Waals surface area contributed by atoms with Gasteiger partial charge < -0.3 is 15.8 Å². The quantitative estimate of drug-likeness (QED) is 0.816. The maximum atomic E-state index is 12.3. The molecule has 0 saturated carbocycles. The van der Waals surface area contributed by atoms with Crippen LogP contribution in [0.4, 0.5) is 0 Å². The summed E-state index contributed by atoms with van der Waals surface area (Å²) in [5, 5.41) is 3.50. The molecule has 0 radical (unpaired) electrons. The van der Waals surface area contributed by atoms with Gasteiger partial charge in [-0.3, -0.25) is 4.79 Å². The number of ether oxygens (including phenoxy) is 1. The van der Waals surface area contributed by atoms with Crippen LogP contribution in [0.3, 0.4) is 0 Å². The van der Waals surface area contributed by atoms with Gasteiger partial charge in [0.25, 0.3) is 0 Å². The van der Waals surface area contributed by atoms with Gasteiger partial charge in [-0.2, -0.15) is 0 Å². The van der Waals surface area contributed by atoms with Crippen molar-refractivity contribution in [3.8, 4) is 5.75 Å². The SMILES string of the molecule is COc1cc(Cl)ccc1CNC(=O)C(C)C(N)c1ccccc1.Cl. The molecule has 24 heavy (non-hydrogen) atoms. The third kappa shape index (κ3) is 5.13. The van der Waals surface area contributed by atoms with Crippen molar-refractivity contribution in [1.82, 2.24) is 5.32 Å². The molecular formula is C18H22Cl2N2O2. The highest BCUT2D eigenvalue weighted by molar-refractivity contribution is 6.30. The molecule has 2 atom stereocenters. The number of nitrogens with one attached hydrogen (secondary N) is 1. The van der Waals surface area contributed by atoms with Gasteiger partial charge >= 0.3 is 0 Å². The Morgan fingerprint density at radius 1 is 1.25 bits per heavy atom. The Morgan fingerprint density at radius 2 is 1.92 bits per heavy atom. The Kier molecular flexibility index (Phi) is 8.05. The number of nitrogens with two attached hydrogens (primary N) is 1. The average Bonchev–Trinajstić information content (AvgIpc) is 2.59. The Labute approximate surface area is 153 Å². The van der Waals surface area contributed by atoms with Gasteiger partial charge in [-0.15, -0.1) is 12.4 Å². The molecule has 0 bridgehead atoms. The van der Waals surface area contributed by atoms with Crippen LogP contribution in [-0.4, -0.2) is 13.0 Å². The molecule has 0 spiro atoms. The number of halogens is 2. The number of carbonyl (C=O) groups excluding carboxylic acids is 1. The lowest BCUT2D eigenvalue weighted by molar-refractivity contribution is -0.125. The molecule has 130 valence electrons. The lowest BCUT2D eigenvalue weighted by atomic mass is 9.94. The minimum atomic E-state index is -0.344. The summed E-state index contributed by atoms with van der Waals surface area (Å²) in [7, 11) is 1.57. The molecule has 2 rings (SSSR count). The van der Waals surface area contributed by atoms with E-state index in [-0.39, 0.29) is 30.3 Å². The second-order valence-corrected chi connectivity index (χ2v) is 5.84. The number of amides is 1. The lowest BCUT2D eigenvalue weighted by Crippen LogP contribution is -2.35. The summed E-state index contributed by atoms with van der Waals surface area (Å²) in [4.78, 5) is 12.3. The van der Waals surface area contributed by atoms with Crippen LogP contribution >= 0.6 is 24.0 Å². The first-order valence-electron chi connectivity index (χ1n) is 7.43. The molecule has 0 aromatic heterocycles. The van der Waals surface area contributed by atoms with Crippen LogP contribution in [0.25, 0.3) is 0 Å². The van der Waals surface area contributed by atoms with Crippen molar-refractivity contribution in [1.29, 1.82) is 0 Å². The molecule has 0 heterocycles. The van der Waals surface area contributed by atoms with Gasteiger partial charge in [0.05, 0.1) is 13.0 Å². The fourth-order valence-corrected chi connectivity index (χ4v) is 2.50. The smallest absolute Gasteiger partial charge is 0.225 e. The standard InChI is InChI=1S/C18H21ClN2O2.ClH/c1-12(17(20)13-6-4-3-5-7-13)18(22)21-11-14-8-9-15(19)10-16(14)23-2;/h3-10,12,17H,11,20H2,1-2H3,(H,21,22);1H. The van der Waals surface area contributed by atoms with E-state index in [4.69, 9.17) is 22.1 Å². The molecule has 6 heteroatoms. The van der Waals surface area contributed by atoms with Crippen molar-refractivity contribution in [3.05, 3.63) is 64.7 Å². The van der Waals surface area contributed by atoms with Gasteiger partial charge in [0.15, 0.2) is 0 Å². The molecule has 2 unspecified atom stereocenters. The zero-order valence-electron chi connectivity index (χ0n) is 13.7. The molecule has 0 aliphatic rings. The van der Waals surface area contributed by atoms with Crippen molar-refractivity contribution in [2.75, 3.05) is 7.11 Å². The predicted octanol–water partition coefficient (Wildman–Crippen LogP) is 3.72. The Bertz CT molecular complexity index is 665. The minimum absolute atomic E-state index is 0. The predicted molar refractivity (Wildman–Crippen MR) is 99.6 cm³/mol. The summed E-state index contributed by atoms with van der Waals surface area (Å²) in [6.45, 7) is 2.19. The van der Waals surface area contributed by atoms with E-state index < -0.39 is 0 Å². The van der Waals surface area contributed by atoms with Crippen LogP contribution in [0.15, 0.2) is 48.5 Å². The first-order valence-corrected chi connectivity index (χ1v) is 7.81. The maximum absolute atomic E-state index is 12.3. The fourth-order valence-electron chi connectivity index (χ4n) is 2.33. The molecule has 1 amide bonds. The number of rotatable bonds is 6. The highest BCUT2D eigenvalue weighted by Crippen LogP contribution is 2.23. The average molecular weight is 369 g/mol. The number of carbonyl (C=O) groups is 1. The van der Waals surface area contributed by atoms with E-state index in [0.717, 1.165) is 11.1 Å². The van der Waals surface area contributed by atoms with Crippen LogP contribution in [0.5, 0.6) is 5.75 Å². The Hall–Kier alpha value is -1.75. The van der Waals surface area contributed by atoms with Gasteiger partial charge in [0.1, 0.15) is 5.75 Å². The Morgan fingerprint density at radius 3 is 2.54 bits per heavy atom. The van der Waals surface area contributed by atoms with Crippen LogP contribution in [0.1, 0.15) is 24.1 Å². The van der Waals surface area contributed by atoms with E-state index in [9.17, 15) is 4.79 Å². The molecule has 0 fully saturated rings. The summed E-state index contributed by atoms with van der Waals surface area (Å²) in [6, 6.07) is 14.6. The second-order valence-electron chi connectivity index (χ2n) is 5.40. The van der Waals surface area contributed by atoms with Crippen LogP contribution < -0.4 is 15.8 Å². The summed E-state index contributed by atoms with van der Waals surface area (Å²) in [6.07, 6.45) is 0. The van der Waals surface area contributed by atoms with Gasteiger partial charge in [0, 0.05) is 23.2 Å². The normalized spacial score (nSPS) is 12.7. The van der Waals surface area contributed by atoms with Crippen molar-refractivity contribution < 1.29 is 9.53 Å². The largest absolute Gasteiger partial charge is 0.496 e. The van der Waals surface area contributed by atoms with Crippen molar-refractivity contribution in [2.45, 2.75) is 19.5 Å². The first-order chi connectivity index (χ1) is 11.0. The summed E-state index contributed by atoms with van der Waals surface area (Å²) >= 11 is 5.93. The Balaban J connectivity index is 0.00000288. The van der Waals surface area contributed by atoms with E-state index in [1.165, 1.54) is 0 Å². The highest BCUT2D eigenvalue weighted by atomic mass is 35.5. The van der Waals surface area contributed by atoms with Crippen molar-refractivity contribution in [2.24, 2.45) is 11.7 Å². The minimum Gasteiger partial charge on any atom is -0.496 e. The molecule has 4 nitrogen and oxygen atoms in total. The molecular weight excluding hydrogens is 347 g/mol. The summed E-state index contributed by atoms with van der Waals surface area (Å²) in [5.41, 5.74) is 7.99. The number of benzene rings is 2. The first kappa shape index (κ1) is 20.3. The van der Waals surface area contributed by atoms with Gasteiger partial charge in [-0.25, -0.2) is 0 Å². The maximum Gasteiger partial charge on any atom is 0.225 e. The van der Waals surface area contributed by atoms with E-state index in [0.29, 0.717) is 17.3 Å². The molecule has 0 aliphatic heterocycles. The van der Waals surface area contributed by atoms with Crippen molar-refractivity contribution >= 4 is 29.9 Å². The third-order valence-electron chi connectivity index (χ3n) is 3.84. The summed E-state index contributed by atoms with van der Waals surface area (Å²) in [5.74, 6) is 0.215. The molecule has 3 N–H and O–H groups in total. The number of hydrogen-bond donors (Lipinski definition) is 2. The third-order valence-corrected chi connectivity index (χ3v) is 4.07. The van der Waals surface area contributed by atoms with Crippen molar-refractivity contribution in [3.63, 3.8) is 0 Å². The monoisotopic (exact) mass is 368 g/mol. The summed E-state index contributed by atoms with van der Waals surface area (Å²) < 4.78 is 5.28. The van der Waals surface area contributed by atoms with Crippen LogP contribution in [0, 0.1) is 5.92 Å². The molecule has 2 aromatic rings. The molecule has 0 saturated heterocycles. The fraction of sp³-hybridized carbons (Fsp3) is 0.278. The lowest BCUT2D eigenvalue weighted by Gasteiger charge is -2.20. The molecule has 0 aliphatic carbocycles. The van der Waals surface area contributed by atoms with E-state index in [1.807, 2.05) is 43.3 Å².